The summed E-state index contributed by atoms with van der Waals surface area (Å²) in [5.74, 6) is 1.00. The molecule has 3 rings (SSSR count). The van der Waals surface area contributed by atoms with Gasteiger partial charge in [-0.05, 0) is 13.8 Å². The average molecular weight is 242 g/mol. The van der Waals surface area contributed by atoms with Crippen LogP contribution in [0.1, 0.15) is 13.8 Å². The van der Waals surface area contributed by atoms with E-state index in [1.165, 1.54) is 5.39 Å². The van der Waals surface area contributed by atoms with Crippen molar-refractivity contribution in [2.24, 2.45) is 0 Å². The van der Waals surface area contributed by atoms with Gasteiger partial charge < -0.3 is 10.2 Å². The summed E-state index contributed by atoms with van der Waals surface area (Å²) in [7, 11) is 0. The summed E-state index contributed by atoms with van der Waals surface area (Å²) in [4.78, 5) is 2.33. The Morgan fingerprint density at radius 3 is 2.94 bits per heavy atom. The number of rotatable bonds is 1. The molecule has 1 saturated heterocycles. The van der Waals surface area contributed by atoms with E-state index in [1.807, 2.05) is 12.3 Å². The normalized spacial score (nSPS) is 19.1. The van der Waals surface area contributed by atoms with Crippen molar-refractivity contribution in [3.05, 3.63) is 30.5 Å². The summed E-state index contributed by atoms with van der Waals surface area (Å²) in [6.45, 7) is 7.36. The molecule has 0 atom stereocenters. The molecule has 1 N–H and O–H groups in total. The Kier molecular flexibility index (Phi) is 2.67. The van der Waals surface area contributed by atoms with Crippen molar-refractivity contribution in [1.82, 2.24) is 15.5 Å². The van der Waals surface area contributed by atoms with Gasteiger partial charge in [0.1, 0.15) is 0 Å². The van der Waals surface area contributed by atoms with Crippen LogP contribution < -0.4 is 10.2 Å². The zero-order valence-corrected chi connectivity index (χ0v) is 10.8. The minimum absolute atomic E-state index is 0.122. The van der Waals surface area contributed by atoms with Crippen molar-refractivity contribution < 1.29 is 0 Å². The molecule has 0 amide bonds. The van der Waals surface area contributed by atoms with Crippen LogP contribution in [0.2, 0.25) is 0 Å². The molecule has 94 valence electrons. The van der Waals surface area contributed by atoms with Crippen LogP contribution in [0.25, 0.3) is 10.8 Å². The van der Waals surface area contributed by atoms with E-state index < -0.39 is 0 Å². The standard InChI is InChI=1S/C14H18N4/c1-14(2)10-18(8-7-15-14)13-12-6-4-3-5-11(12)9-16-17-13/h3-6,9,15H,7-8,10H2,1-2H3. The Morgan fingerprint density at radius 1 is 1.28 bits per heavy atom. The number of hydrogen-bond donors (Lipinski definition) is 1. The molecule has 18 heavy (non-hydrogen) atoms. The highest BCUT2D eigenvalue weighted by Gasteiger charge is 2.27. The highest BCUT2D eigenvalue weighted by atomic mass is 15.3. The summed E-state index contributed by atoms with van der Waals surface area (Å²) < 4.78 is 0. The fraction of sp³-hybridized carbons (Fsp3) is 0.429. The minimum atomic E-state index is 0.122. The van der Waals surface area contributed by atoms with Crippen LogP contribution in [-0.2, 0) is 0 Å². The van der Waals surface area contributed by atoms with Crippen molar-refractivity contribution >= 4 is 16.6 Å². The van der Waals surface area contributed by atoms with Crippen LogP contribution in [0.4, 0.5) is 5.82 Å². The summed E-state index contributed by atoms with van der Waals surface area (Å²) in [6.07, 6.45) is 1.83. The quantitative estimate of drug-likeness (QED) is 0.828. The average Bonchev–Trinajstić information content (AvgIpc) is 2.37. The second-order valence-electron chi connectivity index (χ2n) is 5.49. The molecular weight excluding hydrogens is 224 g/mol. The lowest BCUT2D eigenvalue weighted by atomic mass is 10.0. The largest absolute Gasteiger partial charge is 0.352 e. The monoisotopic (exact) mass is 242 g/mol. The number of fused-ring (bicyclic) bond motifs is 1. The van der Waals surface area contributed by atoms with E-state index in [0.717, 1.165) is 30.8 Å². The van der Waals surface area contributed by atoms with Gasteiger partial charge in [-0.25, -0.2) is 0 Å². The first-order valence-electron chi connectivity index (χ1n) is 6.36. The number of anilines is 1. The fourth-order valence-corrected chi connectivity index (χ4v) is 2.57. The van der Waals surface area contributed by atoms with Crippen molar-refractivity contribution in [2.45, 2.75) is 19.4 Å². The molecule has 1 fully saturated rings. The van der Waals surface area contributed by atoms with Gasteiger partial charge in [0.2, 0.25) is 0 Å². The first-order valence-corrected chi connectivity index (χ1v) is 6.36. The summed E-state index contributed by atoms with van der Waals surface area (Å²) in [6, 6.07) is 8.30. The second-order valence-corrected chi connectivity index (χ2v) is 5.49. The van der Waals surface area contributed by atoms with Crippen molar-refractivity contribution in [1.29, 1.82) is 0 Å². The maximum Gasteiger partial charge on any atom is 0.159 e. The van der Waals surface area contributed by atoms with Gasteiger partial charge in [-0.3, -0.25) is 0 Å². The molecular formula is C14H18N4. The summed E-state index contributed by atoms with van der Waals surface area (Å²) in [5.41, 5.74) is 0.122. The van der Waals surface area contributed by atoms with Crippen molar-refractivity contribution in [2.75, 3.05) is 24.5 Å². The molecule has 4 heteroatoms. The van der Waals surface area contributed by atoms with E-state index in [2.05, 4.69) is 52.5 Å². The highest BCUT2D eigenvalue weighted by Crippen LogP contribution is 2.25. The van der Waals surface area contributed by atoms with E-state index in [9.17, 15) is 0 Å². The molecule has 0 aliphatic carbocycles. The smallest absolute Gasteiger partial charge is 0.159 e. The van der Waals surface area contributed by atoms with Gasteiger partial charge in [-0.1, -0.05) is 24.3 Å². The van der Waals surface area contributed by atoms with Gasteiger partial charge in [0.15, 0.2) is 5.82 Å². The van der Waals surface area contributed by atoms with Crippen LogP contribution in [0, 0.1) is 0 Å². The molecule has 4 nitrogen and oxygen atoms in total. The van der Waals surface area contributed by atoms with Gasteiger partial charge in [-0.2, -0.15) is 5.10 Å². The molecule has 2 heterocycles. The van der Waals surface area contributed by atoms with E-state index in [1.54, 1.807) is 0 Å². The Labute approximate surface area is 107 Å². The Morgan fingerprint density at radius 2 is 2.11 bits per heavy atom. The molecule has 0 radical (unpaired) electrons. The van der Waals surface area contributed by atoms with E-state index in [4.69, 9.17) is 0 Å². The topological polar surface area (TPSA) is 41.1 Å². The van der Waals surface area contributed by atoms with Crippen molar-refractivity contribution in [3.63, 3.8) is 0 Å². The predicted molar refractivity (Wildman–Crippen MR) is 73.8 cm³/mol. The van der Waals surface area contributed by atoms with Crippen LogP contribution in [0.5, 0.6) is 0 Å². The lowest BCUT2D eigenvalue weighted by Crippen LogP contribution is -2.57. The molecule has 1 aliphatic heterocycles. The van der Waals surface area contributed by atoms with Gasteiger partial charge in [0.05, 0.1) is 6.20 Å². The van der Waals surface area contributed by atoms with Gasteiger partial charge in [-0.15, -0.1) is 5.10 Å². The highest BCUT2D eigenvalue weighted by molar-refractivity contribution is 5.91. The molecule has 1 aromatic carbocycles. The first-order chi connectivity index (χ1) is 8.66. The second kappa shape index (κ2) is 4.21. The molecule has 0 bridgehead atoms. The van der Waals surface area contributed by atoms with Crippen molar-refractivity contribution in [3.8, 4) is 0 Å². The van der Waals surface area contributed by atoms with E-state index in [0.29, 0.717) is 0 Å². The zero-order chi connectivity index (χ0) is 12.6. The molecule has 1 aromatic heterocycles. The number of hydrogen-bond acceptors (Lipinski definition) is 4. The number of aromatic nitrogens is 2. The summed E-state index contributed by atoms with van der Waals surface area (Å²) >= 11 is 0. The zero-order valence-electron chi connectivity index (χ0n) is 10.8. The minimum Gasteiger partial charge on any atom is -0.352 e. The Bertz CT molecular complexity index is 559. The predicted octanol–water partition coefficient (Wildman–Crippen LogP) is 1.82. The Balaban J connectivity index is 2.04. The van der Waals surface area contributed by atoms with Crippen LogP contribution >= 0.6 is 0 Å². The number of piperazine rings is 1. The van der Waals surface area contributed by atoms with E-state index in [-0.39, 0.29) is 5.54 Å². The third-order valence-corrected chi connectivity index (χ3v) is 3.42. The summed E-state index contributed by atoms with van der Waals surface area (Å²) in [5, 5.41) is 14.3. The number of nitrogens with zero attached hydrogens (tertiary/aromatic N) is 3. The lowest BCUT2D eigenvalue weighted by Gasteiger charge is -2.39. The molecule has 0 unspecified atom stereocenters. The number of nitrogens with one attached hydrogen (secondary N) is 1. The van der Waals surface area contributed by atoms with Crippen LogP contribution in [0.15, 0.2) is 30.5 Å². The molecule has 0 saturated carbocycles. The van der Waals surface area contributed by atoms with Gasteiger partial charge >= 0.3 is 0 Å². The lowest BCUT2D eigenvalue weighted by molar-refractivity contribution is 0.352. The van der Waals surface area contributed by atoms with Crippen LogP contribution in [0.3, 0.4) is 0 Å². The maximum atomic E-state index is 4.34. The van der Waals surface area contributed by atoms with E-state index >= 15 is 0 Å². The third-order valence-electron chi connectivity index (χ3n) is 3.42. The Hall–Kier alpha value is -1.68. The van der Waals surface area contributed by atoms with Gasteiger partial charge in [0, 0.05) is 35.9 Å². The SMILES string of the molecule is CC1(C)CN(c2nncc3ccccc23)CCN1. The maximum absolute atomic E-state index is 4.34. The number of benzene rings is 1. The fourth-order valence-electron chi connectivity index (χ4n) is 2.57. The first kappa shape index (κ1) is 11.4. The van der Waals surface area contributed by atoms with Crippen LogP contribution in [-0.4, -0.2) is 35.4 Å². The van der Waals surface area contributed by atoms with Gasteiger partial charge in [0.25, 0.3) is 0 Å². The molecule has 2 aromatic rings. The molecule has 0 spiro atoms. The molecule has 1 aliphatic rings. The third kappa shape index (κ3) is 2.04.